The van der Waals surface area contributed by atoms with Gasteiger partial charge < -0.3 is 9.30 Å². The van der Waals surface area contributed by atoms with Crippen molar-refractivity contribution in [2.45, 2.75) is 63.6 Å². The number of hydrogen-bond acceptors (Lipinski definition) is 8. The number of carbonyl (C=O) groups is 1. The molecule has 1 aliphatic rings. The third-order valence-electron chi connectivity index (χ3n) is 5.43. The standard InChI is InChI=1S/C22H28N6O2S2/c1-3-28-19(16-12-8-9-13-17(16)30-4-2)24-27-22(28)31-14-18(29)23-21-26-25-20(32-21)15-10-6-5-7-11-15/h8-9,12-13,15H,3-7,10-11,14H2,1-2H3,(H,23,26,29). The molecule has 0 bridgehead atoms. The van der Waals surface area contributed by atoms with E-state index in [1.54, 1.807) is 0 Å². The number of carbonyl (C=O) groups excluding carboxylic acids is 1. The summed E-state index contributed by atoms with van der Waals surface area (Å²) in [7, 11) is 0. The van der Waals surface area contributed by atoms with Crippen molar-refractivity contribution in [1.29, 1.82) is 0 Å². The van der Waals surface area contributed by atoms with E-state index in [2.05, 4.69) is 25.7 Å². The van der Waals surface area contributed by atoms with Crippen LogP contribution in [0.5, 0.6) is 5.75 Å². The summed E-state index contributed by atoms with van der Waals surface area (Å²) in [5.41, 5.74) is 0.893. The third kappa shape index (κ3) is 5.29. The summed E-state index contributed by atoms with van der Waals surface area (Å²) >= 11 is 2.86. The highest BCUT2D eigenvalue weighted by atomic mass is 32.2. The number of nitrogens with zero attached hydrogens (tertiary/aromatic N) is 5. The van der Waals surface area contributed by atoms with Crippen LogP contribution in [-0.2, 0) is 11.3 Å². The second kappa shape index (κ2) is 10.9. The Morgan fingerprint density at radius 3 is 2.75 bits per heavy atom. The smallest absolute Gasteiger partial charge is 0.236 e. The number of anilines is 1. The van der Waals surface area contributed by atoms with Gasteiger partial charge in [0.2, 0.25) is 11.0 Å². The fraction of sp³-hybridized carbons (Fsp3) is 0.500. The van der Waals surface area contributed by atoms with E-state index >= 15 is 0 Å². The molecule has 2 aromatic heterocycles. The molecule has 170 valence electrons. The molecule has 0 atom stereocenters. The van der Waals surface area contributed by atoms with E-state index < -0.39 is 0 Å². The molecule has 32 heavy (non-hydrogen) atoms. The Kier molecular flexibility index (Phi) is 7.75. The maximum Gasteiger partial charge on any atom is 0.236 e. The van der Waals surface area contributed by atoms with Crippen LogP contribution in [0.25, 0.3) is 11.4 Å². The highest BCUT2D eigenvalue weighted by molar-refractivity contribution is 7.99. The number of aromatic nitrogens is 5. The van der Waals surface area contributed by atoms with E-state index in [0.717, 1.165) is 22.1 Å². The predicted octanol–water partition coefficient (Wildman–Crippen LogP) is 4.99. The van der Waals surface area contributed by atoms with Gasteiger partial charge in [-0.1, -0.05) is 54.5 Å². The number of nitrogens with one attached hydrogen (secondary N) is 1. The van der Waals surface area contributed by atoms with E-state index in [0.29, 0.717) is 29.4 Å². The zero-order valence-corrected chi connectivity index (χ0v) is 20.0. The van der Waals surface area contributed by atoms with Crippen LogP contribution < -0.4 is 10.1 Å². The highest BCUT2D eigenvalue weighted by Crippen LogP contribution is 2.35. The Bertz CT molecular complexity index is 1040. The summed E-state index contributed by atoms with van der Waals surface area (Å²) < 4.78 is 7.75. The molecule has 1 N–H and O–H groups in total. The Balaban J connectivity index is 1.39. The van der Waals surface area contributed by atoms with Gasteiger partial charge in [-0.05, 0) is 38.8 Å². The molecule has 10 heteroatoms. The minimum absolute atomic E-state index is 0.122. The van der Waals surface area contributed by atoms with Crippen LogP contribution in [0, 0.1) is 0 Å². The van der Waals surface area contributed by atoms with Crippen molar-refractivity contribution in [2.24, 2.45) is 0 Å². The van der Waals surface area contributed by atoms with E-state index in [4.69, 9.17) is 4.74 Å². The molecule has 8 nitrogen and oxygen atoms in total. The molecule has 0 spiro atoms. The third-order valence-corrected chi connectivity index (χ3v) is 7.40. The molecule has 0 aliphatic heterocycles. The number of hydrogen-bond donors (Lipinski definition) is 1. The summed E-state index contributed by atoms with van der Waals surface area (Å²) in [4.78, 5) is 12.5. The molecule has 3 aromatic rings. The molecular formula is C22H28N6O2S2. The van der Waals surface area contributed by atoms with Gasteiger partial charge in [0.1, 0.15) is 10.8 Å². The molecule has 1 aromatic carbocycles. The Hall–Kier alpha value is -2.46. The fourth-order valence-electron chi connectivity index (χ4n) is 3.90. The van der Waals surface area contributed by atoms with Crippen LogP contribution in [0.3, 0.4) is 0 Å². The molecule has 2 heterocycles. The predicted molar refractivity (Wildman–Crippen MR) is 127 cm³/mol. The number of benzene rings is 1. The van der Waals surface area contributed by atoms with E-state index in [-0.39, 0.29) is 11.7 Å². The van der Waals surface area contributed by atoms with Crippen molar-refractivity contribution < 1.29 is 9.53 Å². The average molecular weight is 473 g/mol. The van der Waals surface area contributed by atoms with Gasteiger partial charge in [-0.15, -0.1) is 20.4 Å². The minimum Gasteiger partial charge on any atom is -0.493 e. The lowest BCUT2D eigenvalue weighted by Gasteiger charge is -2.18. The first-order chi connectivity index (χ1) is 15.7. The molecular weight excluding hydrogens is 444 g/mol. The van der Waals surface area contributed by atoms with E-state index in [9.17, 15) is 4.79 Å². The second-order valence-electron chi connectivity index (χ2n) is 7.60. The van der Waals surface area contributed by atoms with Crippen molar-refractivity contribution >= 4 is 34.1 Å². The number of amides is 1. The molecule has 1 aliphatic carbocycles. The number of ether oxygens (including phenoxy) is 1. The molecule has 0 unspecified atom stereocenters. The molecule has 1 amide bonds. The van der Waals surface area contributed by atoms with Gasteiger partial charge in [-0.3, -0.25) is 10.1 Å². The van der Waals surface area contributed by atoms with Crippen molar-refractivity contribution in [3.63, 3.8) is 0 Å². The monoisotopic (exact) mass is 472 g/mol. The van der Waals surface area contributed by atoms with Crippen LogP contribution in [-0.4, -0.2) is 43.2 Å². The topological polar surface area (TPSA) is 94.8 Å². The lowest BCUT2D eigenvalue weighted by atomic mass is 9.90. The molecule has 1 saturated carbocycles. The van der Waals surface area contributed by atoms with Gasteiger partial charge in [0.15, 0.2) is 11.0 Å². The highest BCUT2D eigenvalue weighted by Gasteiger charge is 2.21. The summed E-state index contributed by atoms with van der Waals surface area (Å²) in [6, 6.07) is 7.80. The van der Waals surface area contributed by atoms with Crippen LogP contribution >= 0.6 is 23.1 Å². The quantitative estimate of drug-likeness (QED) is 0.438. The lowest BCUT2D eigenvalue weighted by molar-refractivity contribution is -0.113. The summed E-state index contributed by atoms with van der Waals surface area (Å²) in [5, 5.41) is 22.4. The molecule has 1 fully saturated rings. The van der Waals surface area contributed by atoms with Crippen molar-refractivity contribution in [1.82, 2.24) is 25.0 Å². The normalized spacial score (nSPS) is 14.4. The Morgan fingerprint density at radius 2 is 1.97 bits per heavy atom. The van der Waals surface area contributed by atoms with Gasteiger partial charge in [-0.25, -0.2) is 0 Å². The first-order valence-corrected chi connectivity index (χ1v) is 12.9. The Morgan fingerprint density at radius 1 is 1.16 bits per heavy atom. The molecule has 4 rings (SSSR count). The largest absolute Gasteiger partial charge is 0.493 e. The average Bonchev–Trinajstić information content (AvgIpc) is 3.45. The Labute approximate surface area is 196 Å². The van der Waals surface area contributed by atoms with E-state index in [1.165, 1.54) is 55.2 Å². The van der Waals surface area contributed by atoms with Crippen molar-refractivity contribution in [2.75, 3.05) is 17.7 Å². The zero-order valence-electron chi connectivity index (χ0n) is 18.4. The summed E-state index contributed by atoms with van der Waals surface area (Å²) in [6.07, 6.45) is 6.13. The van der Waals surface area contributed by atoms with Crippen molar-refractivity contribution in [3.05, 3.63) is 29.3 Å². The van der Waals surface area contributed by atoms with Crippen LogP contribution in [0.2, 0.25) is 0 Å². The number of thioether (sulfide) groups is 1. The zero-order chi connectivity index (χ0) is 22.3. The number of para-hydroxylation sites is 1. The van der Waals surface area contributed by atoms with Gasteiger partial charge in [-0.2, -0.15) is 0 Å². The summed E-state index contributed by atoms with van der Waals surface area (Å²) in [5.74, 6) is 2.10. The fourth-order valence-corrected chi connectivity index (χ4v) is 5.63. The van der Waals surface area contributed by atoms with Gasteiger partial charge in [0.05, 0.1) is 17.9 Å². The molecule has 0 radical (unpaired) electrons. The maximum atomic E-state index is 12.5. The van der Waals surface area contributed by atoms with Crippen LogP contribution in [0.15, 0.2) is 29.4 Å². The van der Waals surface area contributed by atoms with Gasteiger partial charge in [0, 0.05) is 12.5 Å². The van der Waals surface area contributed by atoms with Crippen LogP contribution in [0.1, 0.15) is 56.9 Å². The second-order valence-corrected chi connectivity index (χ2v) is 9.55. The first-order valence-electron chi connectivity index (χ1n) is 11.1. The first kappa shape index (κ1) is 22.7. The molecule has 0 saturated heterocycles. The number of rotatable bonds is 9. The minimum atomic E-state index is -0.122. The summed E-state index contributed by atoms with van der Waals surface area (Å²) in [6.45, 7) is 5.26. The maximum absolute atomic E-state index is 12.5. The lowest BCUT2D eigenvalue weighted by Crippen LogP contribution is -2.14. The SMILES string of the molecule is CCOc1ccccc1-c1nnc(SCC(=O)Nc2nnc(C3CCCCC3)s2)n1CC. The van der Waals surface area contributed by atoms with Gasteiger partial charge >= 0.3 is 0 Å². The van der Waals surface area contributed by atoms with Crippen LogP contribution in [0.4, 0.5) is 5.13 Å². The van der Waals surface area contributed by atoms with E-state index in [1.807, 2.05) is 42.7 Å². The van der Waals surface area contributed by atoms with Gasteiger partial charge in [0.25, 0.3) is 0 Å². The van der Waals surface area contributed by atoms with Crippen molar-refractivity contribution in [3.8, 4) is 17.1 Å².